The summed E-state index contributed by atoms with van der Waals surface area (Å²) in [6.07, 6.45) is 0. The zero-order valence-corrected chi connectivity index (χ0v) is 11.0. The van der Waals surface area contributed by atoms with Gasteiger partial charge in [0.15, 0.2) is 5.58 Å². The molecule has 0 spiro atoms. The molecule has 5 heteroatoms. The normalized spacial score (nSPS) is 13.3. The highest BCUT2D eigenvalue weighted by Gasteiger charge is 2.14. The van der Waals surface area contributed by atoms with Crippen LogP contribution in [0, 0.1) is 0 Å². The van der Waals surface area contributed by atoms with E-state index in [0.717, 1.165) is 24.2 Å². The lowest BCUT2D eigenvalue weighted by atomic mass is 10.1. The van der Waals surface area contributed by atoms with Gasteiger partial charge in [-0.1, -0.05) is 13.0 Å². The van der Waals surface area contributed by atoms with Gasteiger partial charge in [-0.05, 0) is 38.3 Å². The molecule has 0 bridgehead atoms. The van der Waals surface area contributed by atoms with Crippen LogP contribution in [0.25, 0.3) is 11.1 Å². The van der Waals surface area contributed by atoms with E-state index < -0.39 is 5.76 Å². The number of H-pyrrole nitrogens is 1. The SMILES string of the molecule is CCNCC(c1ccc2[nH]c(=O)oc2c1)N(C)C. The molecule has 0 saturated heterocycles. The monoisotopic (exact) mass is 249 g/mol. The number of hydrogen-bond donors (Lipinski definition) is 2. The van der Waals surface area contributed by atoms with E-state index >= 15 is 0 Å². The molecule has 98 valence electrons. The molecule has 2 rings (SSSR count). The van der Waals surface area contributed by atoms with Crippen molar-refractivity contribution in [1.29, 1.82) is 0 Å². The van der Waals surface area contributed by atoms with E-state index in [1.54, 1.807) is 0 Å². The van der Waals surface area contributed by atoms with E-state index in [1.807, 2.05) is 32.3 Å². The molecule has 0 radical (unpaired) electrons. The van der Waals surface area contributed by atoms with Crippen LogP contribution in [0.2, 0.25) is 0 Å². The minimum atomic E-state index is -0.407. The number of aromatic nitrogens is 1. The number of benzene rings is 1. The fraction of sp³-hybridized carbons (Fsp3) is 0.462. The number of aromatic amines is 1. The van der Waals surface area contributed by atoms with Gasteiger partial charge < -0.3 is 14.6 Å². The number of likely N-dealkylation sites (N-methyl/N-ethyl adjacent to an activating group) is 2. The van der Waals surface area contributed by atoms with Crippen LogP contribution in [0.3, 0.4) is 0 Å². The maximum Gasteiger partial charge on any atom is 0.417 e. The van der Waals surface area contributed by atoms with Crippen molar-refractivity contribution in [1.82, 2.24) is 15.2 Å². The van der Waals surface area contributed by atoms with Crippen LogP contribution >= 0.6 is 0 Å². The zero-order chi connectivity index (χ0) is 13.1. The van der Waals surface area contributed by atoms with Crippen molar-refractivity contribution in [2.24, 2.45) is 0 Å². The van der Waals surface area contributed by atoms with Crippen molar-refractivity contribution >= 4 is 11.1 Å². The smallest absolute Gasteiger partial charge is 0.408 e. The summed E-state index contributed by atoms with van der Waals surface area (Å²) >= 11 is 0. The Bertz CT molecular complexity index is 571. The Balaban J connectivity index is 2.34. The standard InChI is InChI=1S/C13H19N3O2/c1-4-14-8-11(16(2)3)9-5-6-10-12(7-9)18-13(17)15-10/h5-7,11,14H,4,8H2,1-3H3,(H,15,17). The maximum absolute atomic E-state index is 11.1. The van der Waals surface area contributed by atoms with E-state index in [2.05, 4.69) is 22.1 Å². The first-order valence-electron chi connectivity index (χ1n) is 6.11. The number of hydrogen-bond acceptors (Lipinski definition) is 4. The van der Waals surface area contributed by atoms with Crippen molar-refractivity contribution < 1.29 is 4.42 Å². The molecule has 0 aliphatic heterocycles. The van der Waals surface area contributed by atoms with Crippen LogP contribution in [0.15, 0.2) is 27.4 Å². The Kier molecular flexibility index (Phi) is 3.84. The minimum absolute atomic E-state index is 0.259. The Morgan fingerprint density at radius 1 is 1.44 bits per heavy atom. The van der Waals surface area contributed by atoms with Crippen molar-refractivity contribution in [3.8, 4) is 0 Å². The van der Waals surface area contributed by atoms with Crippen molar-refractivity contribution in [3.63, 3.8) is 0 Å². The number of fused-ring (bicyclic) bond motifs is 1. The van der Waals surface area contributed by atoms with Gasteiger partial charge in [-0.25, -0.2) is 4.79 Å². The second kappa shape index (κ2) is 5.37. The summed E-state index contributed by atoms with van der Waals surface area (Å²) in [4.78, 5) is 15.9. The summed E-state index contributed by atoms with van der Waals surface area (Å²) in [7, 11) is 4.08. The summed E-state index contributed by atoms with van der Waals surface area (Å²) in [5.74, 6) is -0.407. The molecule has 0 aliphatic rings. The van der Waals surface area contributed by atoms with E-state index in [4.69, 9.17) is 4.42 Å². The summed E-state index contributed by atoms with van der Waals surface area (Å²) in [5, 5.41) is 3.34. The first-order valence-corrected chi connectivity index (χ1v) is 6.11. The first kappa shape index (κ1) is 12.9. The molecule has 2 aromatic rings. The highest BCUT2D eigenvalue weighted by molar-refractivity contribution is 5.72. The fourth-order valence-corrected chi connectivity index (χ4v) is 2.05. The Hall–Kier alpha value is -1.59. The number of nitrogens with one attached hydrogen (secondary N) is 2. The lowest BCUT2D eigenvalue weighted by Gasteiger charge is -2.24. The Labute approximate surface area is 106 Å². The minimum Gasteiger partial charge on any atom is -0.408 e. The van der Waals surface area contributed by atoms with E-state index in [-0.39, 0.29) is 6.04 Å². The van der Waals surface area contributed by atoms with Crippen LogP contribution < -0.4 is 11.1 Å². The van der Waals surface area contributed by atoms with Crippen LogP contribution in [0.1, 0.15) is 18.5 Å². The maximum atomic E-state index is 11.1. The molecule has 0 aliphatic carbocycles. The first-order chi connectivity index (χ1) is 8.61. The quantitative estimate of drug-likeness (QED) is 0.839. The average Bonchev–Trinajstić information content (AvgIpc) is 2.68. The largest absolute Gasteiger partial charge is 0.417 e. The Morgan fingerprint density at radius 3 is 2.89 bits per heavy atom. The van der Waals surface area contributed by atoms with Crippen LogP contribution in [0.4, 0.5) is 0 Å². The fourth-order valence-electron chi connectivity index (χ4n) is 2.05. The molecule has 1 unspecified atom stereocenters. The molecule has 1 heterocycles. The Morgan fingerprint density at radius 2 is 2.22 bits per heavy atom. The van der Waals surface area contributed by atoms with Gasteiger partial charge in [0.1, 0.15) is 0 Å². The van der Waals surface area contributed by atoms with Gasteiger partial charge in [0.25, 0.3) is 0 Å². The van der Waals surface area contributed by atoms with Gasteiger partial charge in [-0.3, -0.25) is 4.98 Å². The molecule has 0 saturated carbocycles. The van der Waals surface area contributed by atoms with E-state index in [1.165, 1.54) is 0 Å². The van der Waals surface area contributed by atoms with E-state index in [9.17, 15) is 4.79 Å². The predicted molar refractivity (Wildman–Crippen MR) is 71.8 cm³/mol. The zero-order valence-electron chi connectivity index (χ0n) is 11.0. The van der Waals surface area contributed by atoms with Crippen molar-refractivity contribution in [2.45, 2.75) is 13.0 Å². The van der Waals surface area contributed by atoms with Crippen molar-refractivity contribution in [3.05, 3.63) is 34.3 Å². The summed E-state index contributed by atoms with van der Waals surface area (Å²) in [6, 6.07) is 6.10. The third-order valence-electron chi connectivity index (χ3n) is 3.04. The van der Waals surface area contributed by atoms with Gasteiger partial charge in [0, 0.05) is 12.6 Å². The topological polar surface area (TPSA) is 61.3 Å². The van der Waals surface area contributed by atoms with Crippen LogP contribution in [0.5, 0.6) is 0 Å². The van der Waals surface area contributed by atoms with Gasteiger partial charge in [0.2, 0.25) is 0 Å². The highest BCUT2D eigenvalue weighted by atomic mass is 16.4. The molecule has 1 aromatic carbocycles. The predicted octanol–water partition coefficient (Wildman–Crippen LogP) is 1.33. The van der Waals surface area contributed by atoms with Gasteiger partial charge >= 0.3 is 5.76 Å². The molecule has 1 aromatic heterocycles. The molecule has 0 amide bonds. The van der Waals surface area contributed by atoms with Crippen molar-refractivity contribution in [2.75, 3.05) is 27.2 Å². The summed E-state index contributed by atoms with van der Waals surface area (Å²) in [5.41, 5.74) is 2.49. The molecule has 0 fully saturated rings. The van der Waals surface area contributed by atoms with Gasteiger partial charge in [-0.15, -0.1) is 0 Å². The average molecular weight is 249 g/mol. The third-order valence-corrected chi connectivity index (χ3v) is 3.04. The summed E-state index contributed by atoms with van der Waals surface area (Å²) in [6.45, 7) is 3.89. The molecular weight excluding hydrogens is 230 g/mol. The molecular formula is C13H19N3O2. The lowest BCUT2D eigenvalue weighted by Crippen LogP contribution is -2.30. The third kappa shape index (κ3) is 2.63. The van der Waals surface area contributed by atoms with Gasteiger partial charge in [0.05, 0.1) is 5.52 Å². The highest BCUT2D eigenvalue weighted by Crippen LogP contribution is 2.21. The second-order valence-corrected chi connectivity index (χ2v) is 4.56. The van der Waals surface area contributed by atoms with Crippen LogP contribution in [-0.2, 0) is 0 Å². The summed E-state index contributed by atoms with van der Waals surface area (Å²) < 4.78 is 5.09. The molecule has 1 atom stereocenters. The second-order valence-electron chi connectivity index (χ2n) is 4.56. The van der Waals surface area contributed by atoms with Gasteiger partial charge in [-0.2, -0.15) is 0 Å². The lowest BCUT2D eigenvalue weighted by molar-refractivity contribution is 0.290. The number of rotatable bonds is 5. The van der Waals surface area contributed by atoms with E-state index in [0.29, 0.717) is 5.58 Å². The molecule has 5 nitrogen and oxygen atoms in total. The van der Waals surface area contributed by atoms with Crippen LogP contribution in [-0.4, -0.2) is 37.1 Å². The molecule has 18 heavy (non-hydrogen) atoms. The number of oxazole rings is 1. The molecule has 2 N–H and O–H groups in total. The number of nitrogens with zero attached hydrogens (tertiary/aromatic N) is 1.